The lowest BCUT2D eigenvalue weighted by Gasteiger charge is -2.25. The molecule has 3 rings (SSSR count). The fourth-order valence-corrected chi connectivity index (χ4v) is 2.51. The van der Waals surface area contributed by atoms with Crippen LogP contribution in [0, 0.1) is 5.92 Å². The molecule has 2 aliphatic rings. The lowest BCUT2D eigenvalue weighted by atomic mass is 9.85. The molecular formula is C14H20N4O2. The molecule has 0 atom stereocenters. The number of aromatic nitrogens is 2. The topological polar surface area (TPSA) is 90.0 Å². The highest BCUT2D eigenvalue weighted by atomic mass is 16.2. The summed E-state index contributed by atoms with van der Waals surface area (Å²) in [4.78, 5) is 27.4. The molecule has 2 aliphatic carbocycles. The van der Waals surface area contributed by atoms with Gasteiger partial charge in [0, 0.05) is 18.7 Å². The fourth-order valence-electron chi connectivity index (χ4n) is 2.51. The second-order valence-electron chi connectivity index (χ2n) is 5.85. The van der Waals surface area contributed by atoms with E-state index in [0.717, 1.165) is 25.2 Å². The number of nitrogens with zero attached hydrogens (tertiary/aromatic N) is 2. The van der Waals surface area contributed by atoms with Crippen LogP contribution >= 0.6 is 0 Å². The van der Waals surface area contributed by atoms with Gasteiger partial charge < -0.3 is 15.6 Å². The minimum Gasteiger partial charge on any atom is -0.364 e. The third-order valence-corrected chi connectivity index (χ3v) is 4.13. The highest BCUT2D eigenvalue weighted by Crippen LogP contribution is 2.39. The van der Waals surface area contributed by atoms with Crippen LogP contribution in [0.4, 0.5) is 0 Å². The summed E-state index contributed by atoms with van der Waals surface area (Å²) in [6.07, 6.45) is 7.43. The van der Waals surface area contributed by atoms with E-state index in [4.69, 9.17) is 5.73 Å². The Labute approximate surface area is 117 Å². The molecule has 2 fully saturated rings. The SMILES string of the molecule is NC(=O)c1cn(CC(=O)NCC2CCC2)c(C2CC2)n1. The van der Waals surface area contributed by atoms with Gasteiger partial charge in [0.05, 0.1) is 0 Å². The number of hydrogen-bond acceptors (Lipinski definition) is 3. The molecule has 20 heavy (non-hydrogen) atoms. The largest absolute Gasteiger partial charge is 0.364 e. The summed E-state index contributed by atoms with van der Waals surface area (Å²) in [5.41, 5.74) is 5.50. The zero-order valence-corrected chi connectivity index (χ0v) is 11.5. The summed E-state index contributed by atoms with van der Waals surface area (Å²) >= 11 is 0. The Morgan fingerprint density at radius 3 is 2.65 bits per heavy atom. The lowest BCUT2D eigenvalue weighted by Crippen LogP contribution is -2.34. The van der Waals surface area contributed by atoms with E-state index in [0.29, 0.717) is 11.8 Å². The minimum absolute atomic E-state index is 0.0211. The summed E-state index contributed by atoms with van der Waals surface area (Å²) in [6, 6.07) is 0. The Balaban J connectivity index is 1.62. The standard InChI is InChI=1S/C14H20N4O2/c15-13(20)11-7-18(14(17-11)10-4-5-10)8-12(19)16-6-9-2-1-3-9/h7,9-10H,1-6,8H2,(H2,15,20)(H,16,19). The number of primary amides is 1. The predicted molar refractivity (Wildman–Crippen MR) is 73.1 cm³/mol. The number of nitrogens with one attached hydrogen (secondary N) is 1. The van der Waals surface area contributed by atoms with Gasteiger partial charge in [0.25, 0.3) is 5.91 Å². The summed E-state index contributed by atoms with van der Waals surface area (Å²) in [5, 5.41) is 2.95. The van der Waals surface area contributed by atoms with Crippen molar-refractivity contribution in [3.05, 3.63) is 17.7 Å². The first-order valence-corrected chi connectivity index (χ1v) is 7.27. The average Bonchev–Trinajstić information content (AvgIpc) is 3.09. The van der Waals surface area contributed by atoms with Gasteiger partial charge >= 0.3 is 0 Å². The Bertz CT molecular complexity index is 529. The second-order valence-corrected chi connectivity index (χ2v) is 5.85. The molecule has 1 aromatic rings. The molecule has 6 nitrogen and oxygen atoms in total. The zero-order valence-electron chi connectivity index (χ0n) is 11.5. The first kappa shape index (κ1) is 13.1. The van der Waals surface area contributed by atoms with Crippen molar-refractivity contribution < 1.29 is 9.59 Å². The lowest BCUT2D eigenvalue weighted by molar-refractivity contribution is -0.122. The molecule has 0 bridgehead atoms. The fraction of sp³-hybridized carbons (Fsp3) is 0.643. The van der Waals surface area contributed by atoms with Crippen molar-refractivity contribution in [1.82, 2.24) is 14.9 Å². The number of imidazole rings is 1. The van der Waals surface area contributed by atoms with Crippen molar-refractivity contribution in [2.75, 3.05) is 6.54 Å². The molecule has 3 N–H and O–H groups in total. The second kappa shape index (κ2) is 5.26. The summed E-state index contributed by atoms with van der Waals surface area (Å²) in [5.74, 6) is 1.28. The number of hydrogen-bond donors (Lipinski definition) is 2. The highest BCUT2D eigenvalue weighted by molar-refractivity contribution is 5.90. The van der Waals surface area contributed by atoms with Gasteiger partial charge in [-0.1, -0.05) is 6.42 Å². The molecule has 1 heterocycles. The van der Waals surface area contributed by atoms with Crippen LogP contribution in [0.3, 0.4) is 0 Å². The van der Waals surface area contributed by atoms with E-state index in [1.807, 2.05) is 0 Å². The van der Waals surface area contributed by atoms with Gasteiger partial charge in [-0.05, 0) is 31.6 Å². The highest BCUT2D eigenvalue weighted by Gasteiger charge is 2.30. The molecule has 108 valence electrons. The summed E-state index contributed by atoms with van der Waals surface area (Å²) in [6.45, 7) is 0.980. The van der Waals surface area contributed by atoms with Crippen LogP contribution in [-0.2, 0) is 11.3 Å². The number of carbonyl (C=O) groups is 2. The van der Waals surface area contributed by atoms with Crippen molar-refractivity contribution in [1.29, 1.82) is 0 Å². The van der Waals surface area contributed by atoms with Crippen molar-refractivity contribution in [3.63, 3.8) is 0 Å². The third-order valence-electron chi connectivity index (χ3n) is 4.13. The third kappa shape index (κ3) is 2.84. The maximum atomic E-state index is 12.0. The average molecular weight is 276 g/mol. The molecule has 0 saturated heterocycles. The first-order chi connectivity index (χ1) is 9.63. The Morgan fingerprint density at radius 2 is 2.10 bits per heavy atom. The van der Waals surface area contributed by atoms with Crippen LogP contribution in [0.1, 0.15) is 54.3 Å². The van der Waals surface area contributed by atoms with Gasteiger partial charge in [-0.15, -0.1) is 0 Å². The van der Waals surface area contributed by atoms with E-state index in [9.17, 15) is 9.59 Å². The van der Waals surface area contributed by atoms with Gasteiger partial charge in [-0.25, -0.2) is 4.98 Å². The number of rotatable bonds is 6. The first-order valence-electron chi connectivity index (χ1n) is 7.27. The zero-order chi connectivity index (χ0) is 14.1. The molecule has 1 aromatic heterocycles. The molecular weight excluding hydrogens is 256 g/mol. The van der Waals surface area contributed by atoms with Crippen molar-refractivity contribution in [2.45, 2.75) is 44.6 Å². The molecule has 0 aliphatic heterocycles. The number of amides is 2. The van der Waals surface area contributed by atoms with E-state index in [1.165, 1.54) is 19.3 Å². The molecule has 0 spiro atoms. The smallest absolute Gasteiger partial charge is 0.268 e. The molecule has 0 unspecified atom stereocenters. The number of nitrogens with two attached hydrogens (primary N) is 1. The van der Waals surface area contributed by atoms with Gasteiger partial charge in [-0.3, -0.25) is 9.59 Å². The Kier molecular flexibility index (Phi) is 3.46. The van der Waals surface area contributed by atoms with Gasteiger partial charge in [0.1, 0.15) is 18.1 Å². The Morgan fingerprint density at radius 1 is 1.35 bits per heavy atom. The molecule has 0 aromatic carbocycles. The Hall–Kier alpha value is -1.85. The van der Waals surface area contributed by atoms with Crippen LogP contribution in [0.25, 0.3) is 0 Å². The van der Waals surface area contributed by atoms with E-state index >= 15 is 0 Å². The maximum Gasteiger partial charge on any atom is 0.268 e. The minimum atomic E-state index is -0.541. The summed E-state index contributed by atoms with van der Waals surface area (Å²) in [7, 11) is 0. The van der Waals surface area contributed by atoms with Crippen molar-refractivity contribution >= 4 is 11.8 Å². The molecule has 2 saturated carbocycles. The van der Waals surface area contributed by atoms with Gasteiger partial charge in [-0.2, -0.15) is 0 Å². The van der Waals surface area contributed by atoms with Gasteiger partial charge in [0.2, 0.25) is 5.91 Å². The maximum absolute atomic E-state index is 12.0. The summed E-state index contributed by atoms with van der Waals surface area (Å²) < 4.78 is 1.77. The monoisotopic (exact) mass is 276 g/mol. The van der Waals surface area contributed by atoms with Crippen LogP contribution in [0.2, 0.25) is 0 Å². The van der Waals surface area contributed by atoms with Gasteiger partial charge in [0.15, 0.2) is 0 Å². The predicted octanol–water partition coefficient (Wildman–Crippen LogP) is 0.776. The van der Waals surface area contributed by atoms with Crippen LogP contribution in [0.15, 0.2) is 6.20 Å². The van der Waals surface area contributed by atoms with E-state index in [2.05, 4.69) is 10.3 Å². The van der Waals surface area contributed by atoms with E-state index in [-0.39, 0.29) is 18.1 Å². The molecule has 0 radical (unpaired) electrons. The molecule has 6 heteroatoms. The van der Waals surface area contributed by atoms with Crippen molar-refractivity contribution in [2.24, 2.45) is 11.7 Å². The number of carbonyl (C=O) groups excluding carboxylic acids is 2. The van der Waals surface area contributed by atoms with Crippen LogP contribution in [0.5, 0.6) is 0 Å². The quantitative estimate of drug-likeness (QED) is 0.804. The van der Waals surface area contributed by atoms with E-state index in [1.54, 1.807) is 10.8 Å². The van der Waals surface area contributed by atoms with Crippen molar-refractivity contribution in [3.8, 4) is 0 Å². The van der Waals surface area contributed by atoms with Crippen LogP contribution < -0.4 is 11.1 Å². The molecule has 2 amide bonds. The van der Waals surface area contributed by atoms with Crippen LogP contribution in [-0.4, -0.2) is 27.9 Å². The van der Waals surface area contributed by atoms with E-state index < -0.39 is 5.91 Å². The normalized spacial score (nSPS) is 18.6.